The van der Waals surface area contributed by atoms with Crippen molar-refractivity contribution in [3.8, 4) is 0 Å². The summed E-state index contributed by atoms with van der Waals surface area (Å²) in [6.07, 6.45) is 5.75. The van der Waals surface area contributed by atoms with Crippen molar-refractivity contribution < 1.29 is 5.11 Å². The first-order chi connectivity index (χ1) is 6.72. The van der Waals surface area contributed by atoms with Crippen molar-refractivity contribution in [3.05, 3.63) is 0 Å². The van der Waals surface area contributed by atoms with Crippen molar-refractivity contribution in [1.29, 1.82) is 0 Å². The van der Waals surface area contributed by atoms with Gasteiger partial charge in [-0.3, -0.25) is 0 Å². The molecule has 14 heavy (non-hydrogen) atoms. The summed E-state index contributed by atoms with van der Waals surface area (Å²) < 4.78 is 0. The standard InChI is InChI=1S/C12H25NO/c1-3-10(2)8-13-9-11-5-4-6-12(14)7-11/h10-14H,3-9H2,1-2H3. The van der Waals surface area contributed by atoms with Crippen LogP contribution < -0.4 is 5.32 Å². The Hall–Kier alpha value is -0.0800. The number of aliphatic hydroxyl groups is 1. The molecule has 0 heterocycles. The highest BCUT2D eigenvalue weighted by molar-refractivity contribution is 4.74. The normalized spacial score (nSPS) is 30.2. The van der Waals surface area contributed by atoms with Crippen molar-refractivity contribution >= 4 is 0 Å². The summed E-state index contributed by atoms with van der Waals surface area (Å²) in [4.78, 5) is 0. The molecule has 1 rings (SSSR count). The van der Waals surface area contributed by atoms with Gasteiger partial charge in [0.15, 0.2) is 0 Å². The van der Waals surface area contributed by atoms with Crippen LogP contribution in [0.3, 0.4) is 0 Å². The number of rotatable bonds is 5. The molecule has 0 spiro atoms. The third-order valence-corrected chi connectivity index (χ3v) is 3.38. The van der Waals surface area contributed by atoms with Crippen LogP contribution in [0.2, 0.25) is 0 Å². The second-order valence-electron chi connectivity index (χ2n) is 4.86. The molecule has 2 N–H and O–H groups in total. The Morgan fingerprint density at radius 1 is 1.43 bits per heavy atom. The first-order valence-corrected chi connectivity index (χ1v) is 6.11. The van der Waals surface area contributed by atoms with Gasteiger partial charge in [-0.05, 0) is 44.2 Å². The minimum Gasteiger partial charge on any atom is -0.393 e. The van der Waals surface area contributed by atoms with Crippen LogP contribution in [-0.2, 0) is 0 Å². The molecule has 1 aliphatic carbocycles. The number of hydrogen-bond donors (Lipinski definition) is 2. The summed E-state index contributed by atoms with van der Waals surface area (Å²) in [7, 11) is 0. The molecule has 3 unspecified atom stereocenters. The molecule has 0 saturated heterocycles. The van der Waals surface area contributed by atoms with E-state index in [1.165, 1.54) is 19.3 Å². The zero-order valence-electron chi connectivity index (χ0n) is 9.63. The fourth-order valence-corrected chi connectivity index (χ4v) is 2.13. The Balaban J connectivity index is 2.05. The van der Waals surface area contributed by atoms with Crippen molar-refractivity contribution in [2.45, 2.75) is 52.1 Å². The highest BCUT2D eigenvalue weighted by Crippen LogP contribution is 2.23. The molecule has 0 aromatic carbocycles. The Bertz CT molecular complexity index is 149. The first-order valence-electron chi connectivity index (χ1n) is 6.11. The monoisotopic (exact) mass is 199 g/mol. The molecule has 1 saturated carbocycles. The zero-order valence-corrected chi connectivity index (χ0v) is 9.63. The van der Waals surface area contributed by atoms with Crippen molar-refractivity contribution in [3.63, 3.8) is 0 Å². The lowest BCUT2D eigenvalue weighted by molar-refractivity contribution is 0.100. The van der Waals surface area contributed by atoms with E-state index >= 15 is 0 Å². The van der Waals surface area contributed by atoms with Crippen LogP contribution in [0.5, 0.6) is 0 Å². The predicted molar refractivity (Wildman–Crippen MR) is 60.3 cm³/mol. The first kappa shape index (κ1) is 12.0. The van der Waals surface area contributed by atoms with Gasteiger partial charge in [0.1, 0.15) is 0 Å². The maximum atomic E-state index is 9.51. The maximum Gasteiger partial charge on any atom is 0.0543 e. The van der Waals surface area contributed by atoms with Gasteiger partial charge in [-0.1, -0.05) is 26.7 Å². The van der Waals surface area contributed by atoms with E-state index in [0.29, 0.717) is 5.92 Å². The predicted octanol–water partition coefficient (Wildman–Crippen LogP) is 2.17. The molecular weight excluding hydrogens is 174 g/mol. The van der Waals surface area contributed by atoms with Crippen molar-refractivity contribution in [1.82, 2.24) is 5.32 Å². The average Bonchev–Trinajstić information content (AvgIpc) is 2.17. The third kappa shape index (κ3) is 4.43. The van der Waals surface area contributed by atoms with Crippen molar-refractivity contribution in [2.24, 2.45) is 11.8 Å². The molecule has 3 atom stereocenters. The van der Waals surface area contributed by atoms with Gasteiger partial charge in [0.25, 0.3) is 0 Å². The average molecular weight is 199 g/mol. The molecule has 1 aliphatic rings. The Morgan fingerprint density at radius 2 is 2.21 bits per heavy atom. The topological polar surface area (TPSA) is 32.3 Å². The lowest BCUT2D eigenvalue weighted by Gasteiger charge is -2.26. The quantitative estimate of drug-likeness (QED) is 0.711. The SMILES string of the molecule is CCC(C)CNCC1CCCC(O)C1. The number of aliphatic hydroxyl groups excluding tert-OH is 1. The fourth-order valence-electron chi connectivity index (χ4n) is 2.13. The minimum absolute atomic E-state index is 0.0286. The van der Waals surface area contributed by atoms with Crippen molar-refractivity contribution in [2.75, 3.05) is 13.1 Å². The molecule has 2 nitrogen and oxygen atoms in total. The van der Waals surface area contributed by atoms with Crippen LogP contribution in [-0.4, -0.2) is 24.3 Å². The fraction of sp³-hybridized carbons (Fsp3) is 1.00. The van der Waals surface area contributed by atoms with E-state index in [-0.39, 0.29) is 6.10 Å². The zero-order chi connectivity index (χ0) is 10.4. The highest BCUT2D eigenvalue weighted by atomic mass is 16.3. The van der Waals surface area contributed by atoms with Gasteiger partial charge in [0.05, 0.1) is 6.10 Å². The Kier molecular flexibility index (Phi) is 5.49. The van der Waals surface area contributed by atoms with Crippen LogP contribution >= 0.6 is 0 Å². The Labute approximate surface area is 88.1 Å². The summed E-state index contributed by atoms with van der Waals surface area (Å²) in [5.74, 6) is 1.49. The number of hydrogen-bond acceptors (Lipinski definition) is 2. The van der Waals surface area contributed by atoms with Crippen LogP contribution in [0.25, 0.3) is 0 Å². The van der Waals surface area contributed by atoms with E-state index in [1.807, 2.05) is 0 Å². The van der Waals surface area contributed by atoms with Crippen LogP contribution in [0.4, 0.5) is 0 Å². The van der Waals surface area contributed by atoms with Crippen LogP contribution in [0.1, 0.15) is 46.0 Å². The summed E-state index contributed by atoms with van der Waals surface area (Å²) in [5, 5.41) is 13.0. The van der Waals surface area contributed by atoms with E-state index in [9.17, 15) is 5.11 Å². The molecule has 0 aromatic heterocycles. The van der Waals surface area contributed by atoms with Gasteiger partial charge < -0.3 is 10.4 Å². The van der Waals surface area contributed by atoms with E-state index in [0.717, 1.165) is 31.8 Å². The Morgan fingerprint density at radius 3 is 2.86 bits per heavy atom. The summed E-state index contributed by atoms with van der Waals surface area (Å²) in [6, 6.07) is 0. The van der Waals surface area contributed by atoms with Gasteiger partial charge in [-0.15, -0.1) is 0 Å². The van der Waals surface area contributed by atoms with Gasteiger partial charge in [0.2, 0.25) is 0 Å². The molecule has 0 bridgehead atoms. The summed E-state index contributed by atoms with van der Waals surface area (Å²) >= 11 is 0. The van der Waals surface area contributed by atoms with Gasteiger partial charge in [-0.2, -0.15) is 0 Å². The lowest BCUT2D eigenvalue weighted by Crippen LogP contribution is -2.31. The van der Waals surface area contributed by atoms with E-state index in [1.54, 1.807) is 0 Å². The molecule has 0 aromatic rings. The van der Waals surface area contributed by atoms with Gasteiger partial charge in [-0.25, -0.2) is 0 Å². The van der Waals surface area contributed by atoms with E-state index in [4.69, 9.17) is 0 Å². The second kappa shape index (κ2) is 6.41. The number of nitrogens with one attached hydrogen (secondary N) is 1. The molecule has 0 amide bonds. The lowest BCUT2D eigenvalue weighted by atomic mass is 9.87. The highest BCUT2D eigenvalue weighted by Gasteiger charge is 2.19. The second-order valence-corrected chi connectivity index (χ2v) is 4.86. The largest absolute Gasteiger partial charge is 0.393 e. The third-order valence-electron chi connectivity index (χ3n) is 3.38. The van der Waals surface area contributed by atoms with Gasteiger partial charge >= 0.3 is 0 Å². The van der Waals surface area contributed by atoms with E-state index < -0.39 is 0 Å². The van der Waals surface area contributed by atoms with Gasteiger partial charge in [0, 0.05) is 0 Å². The van der Waals surface area contributed by atoms with Crippen LogP contribution in [0.15, 0.2) is 0 Å². The molecule has 0 radical (unpaired) electrons. The summed E-state index contributed by atoms with van der Waals surface area (Å²) in [6.45, 7) is 6.74. The molecule has 2 heteroatoms. The van der Waals surface area contributed by atoms with Crippen LogP contribution in [0, 0.1) is 11.8 Å². The smallest absolute Gasteiger partial charge is 0.0543 e. The molecule has 1 fully saturated rings. The summed E-state index contributed by atoms with van der Waals surface area (Å²) in [5.41, 5.74) is 0. The maximum absolute atomic E-state index is 9.51. The molecule has 0 aliphatic heterocycles. The molecular formula is C12H25NO. The minimum atomic E-state index is -0.0286. The molecule has 84 valence electrons. The van der Waals surface area contributed by atoms with E-state index in [2.05, 4.69) is 19.2 Å².